The van der Waals surface area contributed by atoms with Crippen LogP contribution in [-0.2, 0) is 0 Å². The van der Waals surface area contributed by atoms with Gasteiger partial charge in [-0.3, -0.25) is 5.10 Å². The number of anilines is 1. The molecule has 30 heavy (non-hydrogen) atoms. The van der Waals surface area contributed by atoms with Crippen LogP contribution in [0.1, 0.15) is 40.5 Å². The Morgan fingerprint density at radius 1 is 1.03 bits per heavy atom. The smallest absolute Gasteiger partial charge is 0.208 e. The molecule has 0 aliphatic carbocycles. The zero-order valence-electron chi connectivity index (χ0n) is 17.8. The molecule has 0 amide bonds. The zero-order chi connectivity index (χ0) is 21.7. The number of benzene rings is 1. The molecular formula is C21H26F2N6S. The third-order valence-electron chi connectivity index (χ3n) is 5.53. The molecule has 3 heterocycles. The molecule has 0 bridgehead atoms. The van der Waals surface area contributed by atoms with Gasteiger partial charge in [-0.05, 0) is 52.7 Å². The van der Waals surface area contributed by atoms with Crippen molar-refractivity contribution in [3.8, 4) is 21.7 Å². The van der Waals surface area contributed by atoms with E-state index in [0.717, 1.165) is 12.8 Å². The van der Waals surface area contributed by atoms with Gasteiger partial charge in [0, 0.05) is 41.5 Å². The summed E-state index contributed by atoms with van der Waals surface area (Å²) in [5.41, 5.74) is 0.749. The number of hydrogen-bond donors (Lipinski definition) is 2. The van der Waals surface area contributed by atoms with Gasteiger partial charge in [-0.2, -0.15) is 5.10 Å². The van der Waals surface area contributed by atoms with E-state index in [9.17, 15) is 8.78 Å². The minimum Gasteiger partial charge on any atom is -0.347 e. The lowest BCUT2D eigenvalue weighted by Gasteiger charge is -2.48. The Hall–Kier alpha value is -2.39. The molecule has 160 valence electrons. The molecule has 0 radical (unpaired) electrons. The fourth-order valence-corrected chi connectivity index (χ4v) is 5.39. The van der Waals surface area contributed by atoms with Crippen molar-refractivity contribution >= 4 is 16.5 Å². The predicted molar refractivity (Wildman–Crippen MR) is 116 cm³/mol. The summed E-state index contributed by atoms with van der Waals surface area (Å²) in [5.74, 6) is -1.07. The summed E-state index contributed by atoms with van der Waals surface area (Å²) in [4.78, 5) is 2.11. The van der Waals surface area contributed by atoms with Crippen LogP contribution in [0.15, 0.2) is 24.5 Å². The average Bonchev–Trinajstić information content (AvgIpc) is 3.31. The fraction of sp³-hybridized carbons (Fsp3) is 0.476. The molecule has 0 atom stereocenters. The summed E-state index contributed by atoms with van der Waals surface area (Å²) < 4.78 is 29.4. The minimum atomic E-state index is -0.540. The summed E-state index contributed by atoms with van der Waals surface area (Å²) in [6.45, 7) is 8.78. The highest BCUT2D eigenvalue weighted by Crippen LogP contribution is 2.37. The second-order valence-corrected chi connectivity index (χ2v) is 10.2. The fourth-order valence-electron chi connectivity index (χ4n) is 4.50. The normalized spacial score (nSPS) is 18.5. The summed E-state index contributed by atoms with van der Waals surface area (Å²) in [6, 6.07) is 2.62. The highest BCUT2D eigenvalue weighted by molar-refractivity contribution is 7.18. The molecule has 1 saturated heterocycles. The molecule has 1 aromatic carbocycles. The molecular weight excluding hydrogens is 406 g/mol. The maximum absolute atomic E-state index is 14.8. The second kappa shape index (κ2) is 7.39. The molecule has 2 aromatic heterocycles. The van der Waals surface area contributed by atoms with Gasteiger partial charge in [0.1, 0.15) is 11.6 Å². The van der Waals surface area contributed by atoms with E-state index in [1.807, 2.05) is 7.05 Å². The van der Waals surface area contributed by atoms with Crippen molar-refractivity contribution in [3.63, 3.8) is 0 Å². The molecule has 0 unspecified atom stereocenters. The topological polar surface area (TPSA) is 69.7 Å². The lowest BCUT2D eigenvalue weighted by molar-refractivity contribution is 0.161. The van der Waals surface area contributed by atoms with Crippen molar-refractivity contribution in [2.45, 2.75) is 57.7 Å². The van der Waals surface area contributed by atoms with Gasteiger partial charge in [0.25, 0.3) is 0 Å². The van der Waals surface area contributed by atoms with E-state index in [2.05, 4.69) is 58.3 Å². The SMILES string of the molecule is CN(c1nnc(-c2cc(F)c(-c3cn[nH]c3)cc2F)s1)C1CC(C)(C)NC(C)(C)C1. The van der Waals surface area contributed by atoms with E-state index in [1.165, 1.54) is 35.9 Å². The first-order valence-corrected chi connectivity index (χ1v) is 10.7. The molecule has 9 heteroatoms. The molecule has 3 aromatic rings. The van der Waals surface area contributed by atoms with Gasteiger partial charge in [0.15, 0.2) is 5.01 Å². The average molecular weight is 433 g/mol. The number of nitrogens with one attached hydrogen (secondary N) is 2. The first-order chi connectivity index (χ1) is 14.0. The molecule has 1 fully saturated rings. The lowest BCUT2D eigenvalue weighted by Crippen LogP contribution is -2.61. The Morgan fingerprint density at radius 2 is 1.67 bits per heavy atom. The van der Waals surface area contributed by atoms with Gasteiger partial charge in [-0.25, -0.2) is 8.78 Å². The highest BCUT2D eigenvalue weighted by Gasteiger charge is 2.39. The van der Waals surface area contributed by atoms with Gasteiger partial charge in [0.2, 0.25) is 5.13 Å². The number of nitrogens with zero attached hydrogens (tertiary/aromatic N) is 4. The van der Waals surface area contributed by atoms with Crippen LogP contribution in [0.5, 0.6) is 0 Å². The monoisotopic (exact) mass is 432 g/mol. The van der Waals surface area contributed by atoms with E-state index < -0.39 is 11.6 Å². The highest BCUT2D eigenvalue weighted by atomic mass is 32.1. The molecule has 1 aliphatic rings. The van der Waals surface area contributed by atoms with E-state index in [1.54, 1.807) is 0 Å². The van der Waals surface area contributed by atoms with Crippen molar-refractivity contribution in [3.05, 3.63) is 36.2 Å². The van der Waals surface area contributed by atoms with E-state index in [4.69, 9.17) is 0 Å². The quantitative estimate of drug-likeness (QED) is 0.630. The lowest BCUT2D eigenvalue weighted by atomic mass is 9.79. The first kappa shape index (κ1) is 20.9. The van der Waals surface area contributed by atoms with Gasteiger partial charge < -0.3 is 10.2 Å². The van der Waals surface area contributed by atoms with E-state index in [0.29, 0.717) is 15.7 Å². The maximum Gasteiger partial charge on any atom is 0.208 e. The first-order valence-electron chi connectivity index (χ1n) is 9.89. The van der Waals surface area contributed by atoms with Gasteiger partial charge in [-0.15, -0.1) is 10.2 Å². The number of H-pyrrole nitrogens is 1. The van der Waals surface area contributed by atoms with Crippen LogP contribution in [0, 0.1) is 11.6 Å². The summed E-state index contributed by atoms with van der Waals surface area (Å²) in [5, 5.41) is 19.6. The van der Waals surface area contributed by atoms with E-state index >= 15 is 0 Å². The molecule has 2 N–H and O–H groups in total. The van der Waals surface area contributed by atoms with Crippen LogP contribution in [0.25, 0.3) is 21.7 Å². The Balaban J connectivity index is 1.61. The van der Waals surface area contributed by atoms with E-state index in [-0.39, 0.29) is 28.2 Å². The third kappa shape index (κ3) is 4.09. The van der Waals surface area contributed by atoms with Crippen molar-refractivity contribution in [1.29, 1.82) is 0 Å². The number of rotatable bonds is 4. The predicted octanol–water partition coefficient (Wildman–Crippen LogP) is 4.62. The Kier molecular flexibility index (Phi) is 5.14. The van der Waals surface area contributed by atoms with Crippen LogP contribution in [0.2, 0.25) is 0 Å². The Bertz CT molecular complexity index is 1030. The van der Waals surface area contributed by atoms with Crippen molar-refractivity contribution < 1.29 is 8.78 Å². The minimum absolute atomic E-state index is 0.00759. The van der Waals surface area contributed by atoms with Crippen LogP contribution < -0.4 is 10.2 Å². The number of hydrogen-bond acceptors (Lipinski definition) is 6. The van der Waals surface area contributed by atoms with Crippen LogP contribution in [0.3, 0.4) is 0 Å². The molecule has 4 rings (SSSR count). The van der Waals surface area contributed by atoms with Gasteiger partial charge in [0.05, 0.1) is 11.8 Å². The Labute approximate surface area is 178 Å². The van der Waals surface area contributed by atoms with Crippen LogP contribution in [0.4, 0.5) is 13.9 Å². The second-order valence-electron chi connectivity index (χ2n) is 9.25. The summed E-state index contributed by atoms with van der Waals surface area (Å²) in [7, 11) is 1.99. The summed E-state index contributed by atoms with van der Waals surface area (Å²) in [6.07, 6.45) is 4.88. The van der Waals surface area contributed by atoms with Crippen LogP contribution in [-0.4, -0.2) is 44.6 Å². The van der Waals surface area contributed by atoms with Crippen LogP contribution >= 0.6 is 11.3 Å². The van der Waals surface area contributed by atoms with Crippen molar-refractivity contribution in [2.75, 3.05) is 11.9 Å². The number of aromatic nitrogens is 4. The largest absolute Gasteiger partial charge is 0.347 e. The molecule has 1 aliphatic heterocycles. The maximum atomic E-state index is 14.8. The Morgan fingerprint density at radius 3 is 2.30 bits per heavy atom. The van der Waals surface area contributed by atoms with Gasteiger partial charge in [-0.1, -0.05) is 11.3 Å². The molecule has 6 nitrogen and oxygen atoms in total. The van der Waals surface area contributed by atoms with Gasteiger partial charge >= 0.3 is 0 Å². The third-order valence-corrected chi connectivity index (χ3v) is 6.58. The molecule has 0 saturated carbocycles. The molecule has 0 spiro atoms. The standard InChI is InChI=1S/C21H26F2N6S/c1-20(2)8-13(9-21(3,4)28-20)29(5)19-27-26-18(30-19)15-7-16(22)14(6-17(15)23)12-10-24-25-11-12/h6-7,10-11,13,28H,8-9H2,1-5H3,(H,24,25). The number of aromatic amines is 1. The number of halogens is 2. The van der Waals surface area contributed by atoms with Crippen molar-refractivity contribution in [1.82, 2.24) is 25.7 Å². The summed E-state index contributed by atoms with van der Waals surface area (Å²) >= 11 is 1.27. The number of piperidine rings is 1. The van der Waals surface area contributed by atoms with Crippen molar-refractivity contribution in [2.24, 2.45) is 0 Å². The zero-order valence-corrected chi connectivity index (χ0v) is 18.6.